The van der Waals surface area contributed by atoms with Gasteiger partial charge in [0.2, 0.25) is 0 Å². The molecule has 2 unspecified atom stereocenters. The molecule has 0 aromatic carbocycles. The highest BCUT2D eigenvalue weighted by Gasteiger charge is 2.34. The maximum atomic E-state index is 10.4. The lowest BCUT2D eigenvalue weighted by Gasteiger charge is -2.39. The summed E-state index contributed by atoms with van der Waals surface area (Å²) in [5, 5.41) is 13.8. The molecular weight excluding hydrogens is 312 g/mol. The number of amidine groups is 2. The third-order valence-electron chi connectivity index (χ3n) is 4.94. The van der Waals surface area contributed by atoms with Crippen molar-refractivity contribution in [1.29, 1.82) is 0 Å². The third-order valence-corrected chi connectivity index (χ3v) is 4.94. The summed E-state index contributed by atoms with van der Waals surface area (Å²) in [6, 6.07) is 0.131. The molecule has 1 aliphatic carbocycles. The van der Waals surface area contributed by atoms with Crippen molar-refractivity contribution in [3.63, 3.8) is 0 Å². The highest BCUT2D eigenvalue weighted by Crippen LogP contribution is 2.30. The quantitative estimate of drug-likeness (QED) is 0.471. The normalized spacial score (nSPS) is 27.9. The monoisotopic (exact) mass is 342 g/mol. The summed E-state index contributed by atoms with van der Waals surface area (Å²) >= 11 is 0. The van der Waals surface area contributed by atoms with Crippen molar-refractivity contribution in [1.82, 2.24) is 10.2 Å². The van der Waals surface area contributed by atoms with Crippen LogP contribution in [0.15, 0.2) is 45.6 Å². The molecule has 1 fully saturated rings. The molecule has 2 atom stereocenters. The number of hydrogen-bond donors (Lipinski definition) is 2. The van der Waals surface area contributed by atoms with E-state index in [0.717, 1.165) is 50.4 Å². The molecule has 2 N–H and O–H groups in total. The Morgan fingerprint density at radius 1 is 1.36 bits per heavy atom. The molecule has 3 rings (SSSR count). The number of aliphatic hydroxyl groups is 1. The van der Waals surface area contributed by atoms with E-state index in [2.05, 4.69) is 42.3 Å². The van der Waals surface area contributed by atoms with Crippen LogP contribution in [0.4, 0.5) is 0 Å². The van der Waals surface area contributed by atoms with Crippen LogP contribution >= 0.6 is 0 Å². The van der Waals surface area contributed by atoms with Crippen molar-refractivity contribution in [2.75, 3.05) is 26.2 Å². The predicted molar refractivity (Wildman–Crippen MR) is 104 cm³/mol. The number of hydrogen-bond acceptors (Lipinski definition) is 5. The van der Waals surface area contributed by atoms with Gasteiger partial charge in [-0.2, -0.15) is 0 Å². The first-order chi connectivity index (χ1) is 12.1. The van der Waals surface area contributed by atoms with E-state index in [1.807, 2.05) is 6.92 Å². The molecule has 0 aromatic rings. The summed E-state index contributed by atoms with van der Waals surface area (Å²) in [5.41, 5.74) is 0.752. The first-order valence-electron chi connectivity index (χ1n) is 9.46. The molecule has 25 heavy (non-hydrogen) atoms. The number of fused-ring (bicyclic) bond motifs is 1. The first kappa shape index (κ1) is 17.9. The number of nitrogens with one attached hydrogen (secondary N) is 1. The van der Waals surface area contributed by atoms with Gasteiger partial charge in [-0.3, -0.25) is 4.99 Å². The Bertz CT molecular complexity index is 636. The van der Waals surface area contributed by atoms with E-state index in [1.54, 1.807) is 6.08 Å². The zero-order valence-electron chi connectivity index (χ0n) is 15.6. The lowest BCUT2D eigenvalue weighted by molar-refractivity contribution is 0.329. The number of nitrogens with zero attached hydrogens (tertiary/aromatic N) is 3. The van der Waals surface area contributed by atoms with Crippen LogP contribution < -0.4 is 5.32 Å². The van der Waals surface area contributed by atoms with Crippen LogP contribution in [0, 0.1) is 11.8 Å². The Kier molecular flexibility index (Phi) is 5.74. The van der Waals surface area contributed by atoms with Gasteiger partial charge < -0.3 is 15.3 Å². The summed E-state index contributed by atoms with van der Waals surface area (Å²) < 4.78 is 0. The SMILES string of the molecule is C/C=C(O)\C(=C/C(C)C)C1=NC2C=CCCC2C(N2CCNCC2)=N1. The van der Waals surface area contributed by atoms with E-state index in [-0.39, 0.29) is 11.8 Å². The first-order valence-corrected chi connectivity index (χ1v) is 9.46. The molecule has 0 spiro atoms. The van der Waals surface area contributed by atoms with Crippen LogP contribution in [0.25, 0.3) is 0 Å². The Labute approximate surface area is 150 Å². The van der Waals surface area contributed by atoms with Gasteiger partial charge in [-0.25, -0.2) is 4.99 Å². The van der Waals surface area contributed by atoms with Crippen molar-refractivity contribution in [3.8, 4) is 0 Å². The Balaban J connectivity index is 2.01. The van der Waals surface area contributed by atoms with Gasteiger partial charge in [0, 0.05) is 32.1 Å². The van der Waals surface area contributed by atoms with E-state index in [9.17, 15) is 5.11 Å². The minimum absolute atomic E-state index is 0.131. The maximum absolute atomic E-state index is 10.4. The standard InChI is InChI=1S/C20H30N4O/c1-4-18(25)16(13-14(2)3)19-22-17-8-6-5-7-15(17)20(23-19)24-11-9-21-10-12-24/h4,6,8,13-15,17,21,25H,5,7,9-12H2,1-3H3/b16-13+,18-4+. The second kappa shape index (κ2) is 8.00. The van der Waals surface area contributed by atoms with Crippen LogP contribution in [0.2, 0.25) is 0 Å². The molecule has 136 valence electrons. The molecule has 5 nitrogen and oxygen atoms in total. The predicted octanol–water partition coefficient (Wildman–Crippen LogP) is 3.08. The van der Waals surface area contributed by atoms with Gasteiger partial charge in [-0.1, -0.05) is 32.1 Å². The van der Waals surface area contributed by atoms with E-state index >= 15 is 0 Å². The second-order valence-corrected chi connectivity index (χ2v) is 7.26. The Morgan fingerprint density at radius 2 is 2.12 bits per heavy atom. The van der Waals surface area contributed by atoms with Crippen molar-refractivity contribution in [2.45, 2.75) is 39.7 Å². The van der Waals surface area contributed by atoms with Gasteiger partial charge in [0.1, 0.15) is 11.6 Å². The summed E-state index contributed by atoms with van der Waals surface area (Å²) in [6.45, 7) is 10.0. The summed E-state index contributed by atoms with van der Waals surface area (Å²) in [5.74, 6) is 2.76. The highest BCUT2D eigenvalue weighted by atomic mass is 16.3. The van der Waals surface area contributed by atoms with Crippen LogP contribution in [0.3, 0.4) is 0 Å². The van der Waals surface area contributed by atoms with Crippen LogP contribution in [-0.2, 0) is 0 Å². The average Bonchev–Trinajstić information content (AvgIpc) is 2.65. The van der Waals surface area contributed by atoms with Gasteiger partial charge in [0.15, 0.2) is 5.84 Å². The van der Waals surface area contributed by atoms with E-state index in [0.29, 0.717) is 17.7 Å². The van der Waals surface area contributed by atoms with Crippen molar-refractivity contribution in [2.24, 2.45) is 21.8 Å². The van der Waals surface area contributed by atoms with Crippen molar-refractivity contribution < 1.29 is 5.11 Å². The average molecular weight is 342 g/mol. The molecule has 0 aromatic heterocycles. The number of aliphatic imine (C=N–C) groups is 2. The zero-order chi connectivity index (χ0) is 17.8. The minimum Gasteiger partial charge on any atom is -0.508 e. The topological polar surface area (TPSA) is 60.2 Å². The molecular formula is C20H30N4O. The third kappa shape index (κ3) is 4.03. The molecule has 0 bridgehead atoms. The molecule has 0 saturated carbocycles. The summed E-state index contributed by atoms with van der Waals surface area (Å²) in [7, 11) is 0. The molecule has 2 aliphatic heterocycles. The largest absolute Gasteiger partial charge is 0.508 e. The van der Waals surface area contributed by atoms with Crippen molar-refractivity contribution in [3.05, 3.63) is 35.6 Å². The lowest BCUT2D eigenvalue weighted by atomic mass is 9.86. The molecule has 0 amide bonds. The second-order valence-electron chi connectivity index (χ2n) is 7.26. The van der Waals surface area contributed by atoms with Gasteiger partial charge in [0.25, 0.3) is 0 Å². The van der Waals surface area contributed by atoms with Gasteiger partial charge in [-0.15, -0.1) is 0 Å². The van der Waals surface area contributed by atoms with Crippen LogP contribution in [0.1, 0.15) is 33.6 Å². The van der Waals surface area contributed by atoms with E-state index in [1.165, 1.54) is 0 Å². The molecule has 1 saturated heterocycles. The number of piperazine rings is 1. The lowest BCUT2D eigenvalue weighted by Crippen LogP contribution is -2.51. The fourth-order valence-electron chi connectivity index (χ4n) is 3.68. The molecule has 2 heterocycles. The number of rotatable bonds is 3. The van der Waals surface area contributed by atoms with Crippen LogP contribution in [0.5, 0.6) is 0 Å². The highest BCUT2D eigenvalue weighted by molar-refractivity contribution is 6.10. The zero-order valence-corrected chi connectivity index (χ0v) is 15.6. The van der Waals surface area contributed by atoms with Crippen LogP contribution in [-0.4, -0.2) is 53.9 Å². The number of aliphatic hydroxyl groups excluding tert-OH is 1. The fourth-order valence-corrected chi connectivity index (χ4v) is 3.68. The Morgan fingerprint density at radius 3 is 2.80 bits per heavy atom. The van der Waals surface area contributed by atoms with E-state index in [4.69, 9.17) is 9.98 Å². The summed E-state index contributed by atoms with van der Waals surface area (Å²) in [4.78, 5) is 12.3. The molecule has 0 radical (unpaired) electrons. The van der Waals surface area contributed by atoms with Gasteiger partial charge >= 0.3 is 0 Å². The minimum atomic E-state index is 0.131. The molecule has 5 heteroatoms. The smallest absolute Gasteiger partial charge is 0.160 e. The molecule has 3 aliphatic rings. The maximum Gasteiger partial charge on any atom is 0.160 e. The Hall–Kier alpha value is -1.88. The van der Waals surface area contributed by atoms with Gasteiger partial charge in [0.05, 0.1) is 11.6 Å². The van der Waals surface area contributed by atoms with E-state index < -0.39 is 0 Å². The summed E-state index contributed by atoms with van der Waals surface area (Å²) in [6.07, 6.45) is 10.4. The fraction of sp³-hybridized carbons (Fsp3) is 0.600. The van der Waals surface area contributed by atoms with Gasteiger partial charge in [-0.05, 0) is 31.8 Å². The van der Waals surface area contributed by atoms with Crippen molar-refractivity contribution >= 4 is 11.7 Å². The number of allylic oxidation sites excluding steroid dienone is 3.